The Hall–Kier alpha value is -1.53. The minimum absolute atomic E-state index is 0.0302. The number of piperidine rings is 1. The van der Waals surface area contributed by atoms with Gasteiger partial charge in [-0.3, -0.25) is 9.48 Å². The largest absolute Gasteiger partial charge is 0.433 e. The number of likely N-dealkylation sites (tertiary alicyclic amines) is 1. The van der Waals surface area contributed by atoms with Crippen molar-refractivity contribution in [2.75, 3.05) is 0 Å². The minimum Gasteiger partial charge on any atom is -0.332 e. The van der Waals surface area contributed by atoms with Crippen molar-refractivity contribution >= 4 is 5.91 Å². The highest BCUT2D eigenvalue weighted by Gasteiger charge is 2.37. The number of aryl methyl sites for hydroxylation is 1. The molecule has 1 aromatic heterocycles. The first-order valence-electron chi connectivity index (χ1n) is 6.65. The van der Waals surface area contributed by atoms with Gasteiger partial charge < -0.3 is 4.90 Å². The smallest absolute Gasteiger partial charge is 0.332 e. The number of aromatic nitrogens is 2. The molecule has 20 heavy (non-hydrogen) atoms. The van der Waals surface area contributed by atoms with Gasteiger partial charge in [-0.2, -0.15) is 18.3 Å². The van der Waals surface area contributed by atoms with Crippen LogP contribution in [0.15, 0.2) is 6.07 Å². The highest BCUT2D eigenvalue weighted by molar-refractivity contribution is 5.93. The van der Waals surface area contributed by atoms with Crippen LogP contribution in [0.4, 0.5) is 13.2 Å². The van der Waals surface area contributed by atoms with Crippen LogP contribution in [0.5, 0.6) is 0 Å². The highest BCUT2D eigenvalue weighted by atomic mass is 19.4. The first kappa shape index (κ1) is 14.9. The Morgan fingerprint density at radius 3 is 2.30 bits per heavy atom. The normalized spacial score (nSPS) is 24.0. The lowest BCUT2D eigenvalue weighted by atomic mass is 9.97. The monoisotopic (exact) mass is 289 g/mol. The number of alkyl halides is 3. The molecule has 0 bridgehead atoms. The number of carbonyl (C=O) groups is 1. The van der Waals surface area contributed by atoms with Gasteiger partial charge >= 0.3 is 6.18 Å². The molecule has 7 heteroatoms. The summed E-state index contributed by atoms with van der Waals surface area (Å²) >= 11 is 0. The number of hydrogen-bond acceptors (Lipinski definition) is 2. The molecule has 0 saturated carbocycles. The maximum absolute atomic E-state index is 12.7. The van der Waals surface area contributed by atoms with Crippen molar-refractivity contribution in [3.05, 3.63) is 17.5 Å². The lowest BCUT2D eigenvalue weighted by Gasteiger charge is -2.38. The third-order valence-corrected chi connectivity index (χ3v) is 3.82. The summed E-state index contributed by atoms with van der Waals surface area (Å²) in [6.45, 7) is 3.84. The molecular formula is C13H18F3N3O. The van der Waals surface area contributed by atoms with Crippen molar-refractivity contribution in [3.63, 3.8) is 0 Å². The van der Waals surface area contributed by atoms with Crippen LogP contribution in [0, 0.1) is 0 Å². The summed E-state index contributed by atoms with van der Waals surface area (Å²) in [4.78, 5) is 14.0. The topological polar surface area (TPSA) is 38.1 Å². The quantitative estimate of drug-likeness (QED) is 0.797. The third-order valence-electron chi connectivity index (χ3n) is 3.82. The molecule has 0 aromatic carbocycles. The zero-order chi connectivity index (χ0) is 15.1. The maximum atomic E-state index is 12.7. The molecule has 2 unspecified atom stereocenters. The summed E-state index contributed by atoms with van der Waals surface area (Å²) < 4.78 is 38.9. The number of carbonyl (C=O) groups excluding carboxylic acids is 1. The van der Waals surface area contributed by atoms with E-state index in [-0.39, 0.29) is 17.8 Å². The van der Waals surface area contributed by atoms with Crippen molar-refractivity contribution in [1.82, 2.24) is 14.7 Å². The Bertz CT molecular complexity index is 499. The molecule has 2 rings (SSSR count). The van der Waals surface area contributed by atoms with Gasteiger partial charge in [0.1, 0.15) is 5.69 Å². The van der Waals surface area contributed by atoms with E-state index in [1.54, 1.807) is 4.90 Å². The number of halogens is 3. The van der Waals surface area contributed by atoms with E-state index >= 15 is 0 Å². The van der Waals surface area contributed by atoms with Crippen LogP contribution >= 0.6 is 0 Å². The molecule has 1 fully saturated rings. The van der Waals surface area contributed by atoms with E-state index in [0.717, 1.165) is 25.3 Å². The predicted octanol–water partition coefficient (Wildman–Crippen LogP) is 2.84. The molecular weight excluding hydrogens is 271 g/mol. The van der Waals surface area contributed by atoms with Crippen molar-refractivity contribution in [2.24, 2.45) is 7.05 Å². The minimum atomic E-state index is -4.50. The fourth-order valence-electron chi connectivity index (χ4n) is 2.79. The first-order chi connectivity index (χ1) is 9.21. The summed E-state index contributed by atoms with van der Waals surface area (Å²) in [6, 6.07) is 0.890. The van der Waals surface area contributed by atoms with Gasteiger partial charge in [0.15, 0.2) is 5.69 Å². The van der Waals surface area contributed by atoms with E-state index in [4.69, 9.17) is 0 Å². The van der Waals surface area contributed by atoms with Crippen LogP contribution in [0.3, 0.4) is 0 Å². The predicted molar refractivity (Wildman–Crippen MR) is 67.2 cm³/mol. The van der Waals surface area contributed by atoms with Gasteiger partial charge in [-0.05, 0) is 33.1 Å². The van der Waals surface area contributed by atoms with Crippen molar-refractivity contribution in [3.8, 4) is 0 Å². The van der Waals surface area contributed by atoms with Crippen LogP contribution in [0.1, 0.15) is 49.3 Å². The highest BCUT2D eigenvalue weighted by Crippen LogP contribution is 2.30. The Kier molecular flexibility index (Phi) is 3.80. The molecule has 2 atom stereocenters. The number of nitrogens with zero attached hydrogens (tertiary/aromatic N) is 3. The summed E-state index contributed by atoms with van der Waals surface area (Å²) in [5.74, 6) is -0.421. The van der Waals surface area contributed by atoms with Gasteiger partial charge in [-0.1, -0.05) is 0 Å². The second-order valence-electron chi connectivity index (χ2n) is 5.38. The van der Waals surface area contributed by atoms with E-state index in [0.29, 0.717) is 4.68 Å². The van der Waals surface area contributed by atoms with Gasteiger partial charge in [0.2, 0.25) is 0 Å². The summed E-state index contributed by atoms with van der Waals surface area (Å²) in [7, 11) is 1.20. The van der Waals surface area contributed by atoms with Gasteiger partial charge in [0, 0.05) is 25.2 Å². The van der Waals surface area contributed by atoms with Crippen LogP contribution in [-0.4, -0.2) is 32.7 Å². The van der Waals surface area contributed by atoms with Gasteiger partial charge in [0.25, 0.3) is 5.91 Å². The summed E-state index contributed by atoms with van der Waals surface area (Å²) in [5.41, 5.74) is -1.04. The lowest BCUT2D eigenvalue weighted by Crippen LogP contribution is -2.47. The van der Waals surface area contributed by atoms with Crippen molar-refractivity contribution < 1.29 is 18.0 Å². The van der Waals surface area contributed by atoms with Crippen LogP contribution < -0.4 is 0 Å². The van der Waals surface area contributed by atoms with E-state index in [2.05, 4.69) is 5.10 Å². The Labute approximate surface area is 115 Å². The molecule has 0 N–H and O–H groups in total. The van der Waals surface area contributed by atoms with Gasteiger partial charge in [-0.25, -0.2) is 0 Å². The number of amides is 1. The number of rotatable bonds is 1. The van der Waals surface area contributed by atoms with Crippen molar-refractivity contribution in [2.45, 2.75) is 51.4 Å². The van der Waals surface area contributed by atoms with E-state index in [1.807, 2.05) is 13.8 Å². The lowest BCUT2D eigenvalue weighted by molar-refractivity contribution is -0.143. The molecule has 0 radical (unpaired) electrons. The average molecular weight is 289 g/mol. The van der Waals surface area contributed by atoms with Crippen LogP contribution in [-0.2, 0) is 13.2 Å². The molecule has 1 aliphatic heterocycles. The maximum Gasteiger partial charge on any atom is 0.433 e. The van der Waals surface area contributed by atoms with Crippen LogP contribution in [0.2, 0.25) is 0 Å². The van der Waals surface area contributed by atoms with E-state index in [9.17, 15) is 18.0 Å². The second kappa shape index (κ2) is 5.10. The van der Waals surface area contributed by atoms with Crippen LogP contribution in [0.25, 0.3) is 0 Å². The summed E-state index contributed by atoms with van der Waals surface area (Å²) in [5, 5.41) is 3.73. The Morgan fingerprint density at radius 2 is 1.85 bits per heavy atom. The SMILES string of the molecule is CC1CCCC(C)N1C(=O)c1cc(C(F)(F)F)n(C)n1. The Balaban J connectivity index is 2.29. The van der Waals surface area contributed by atoms with Gasteiger partial charge in [-0.15, -0.1) is 0 Å². The Morgan fingerprint density at radius 1 is 1.30 bits per heavy atom. The third kappa shape index (κ3) is 2.66. The second-order valence-corrected chi connectivity index (χ2v) is 5.38. The summed E-state index contributed by atoms with van der Waals surface area (Å²) in [6.07, 6.45) is -1.73. The van der Waals surface area contributed by atoms with Crippen molar-refractivity contribution in [1.29, 1.82) is 0 Å². The number of hydrogen-bond donors (Lipinski definition) is 0. The first-order valence-corrected chi connectivity index (χ1v) is 6.65. The fourth-order valence-corrected chi connectivity index (χ4v) is 2.79. The van der Waals surface area contributed by atoms with Gasteiger partial charge in [0.05, 0.1) is 0 Å². The molecule has 112 valence electrons. The molecule has 1 aromatic rings. The standard InChI is InChI=1S/C13H18F3N3O/c1-8-5-4-6-9(2)19(8)12(20)10-7-11(13(14,15)16)18(3)17-10/h7-9H,4-6H2,1-3H3. The average Bonchev–Trinajstić information content (AvgIpc) is 2.70. The molecule has 2 heterocycles. The molecule has 1 aliphatic rings. The molecule has 1 amide bonds. The molecule has 4 nitrogen and oxygen atoms in total. The van der Waals surface area contributed by atoms with E-state index < -0.39 is 17.8 Å². The molecule has 0 spiro atoms. The van der Waals surface area contributed by atoms with E-state index in [1.165, 1.54) is 7.05 Å². The zero-order valence-corrected chi connectivity index (χ0v) is 11.7. The molecule has 0 aliphatic carbocycles. The fraction of sp³-hybridized carbons (Fsp3) is 0.692. The zero-order valence-electron chi connectivity index (χ0n) is 11.7. The molecule has 1 saturated heterocycles.